The third-order valence-corrected chi connectivity index (χ3v) is 4.11. The minimum absolute atomic E-state index is 0.194. The second kappa shape index (κ2) is 7.90. The Kier molecular flexibility index (Phi) is 5.40. The highest BCUT2D eigenvalue weighted by atomic mass is 16.3. The zero-order chi connectivity index (χ0) is 16.8. The highest BCUT2D eigenvalue weighted by Gasteiger charge is 2.31. The van der Waals surface area contributed by atoms with Gasteiger partial charge in [-0.2, -0.15) is 0 Å². The van der Waals surface area contributed by atoms with Gasteiger partial charge in [-0.05, 0) is 12.0 Å². The van der Waals surface area contributed by atoms with E-state index in [1.807, 2.05) is 18.2 Å². The first kappa shape index (κ1) is 16.4. The summed E-state index contributed by atoms with van der Waals surface area (Å²) < 4.78 is 0. The number of aromatic nitrogens is 2. The summed E-state index contributed by atoms with van der Waals surface area (Å²) >= 11 is 0. The van der Waals surface area contributed by atoms with Gasteiger partial charge in [0.2, 0.25) is 0 Å². The molecule has 1 aromatic heterocycles. The van der Waals surface area contributed by atoms with E-state index in [0.29, 0.717) is 12.4 Å². The van der Waals surface area contributed by atoms with E-state index < -0.39 is 0 Å². The van der Waals surface area contributed by atoms with Gasteiger partial charge in [0.15, 0.2) is 0 Å². The monoisotopic (exact) mass is 325 g/mol. The van der Waals surface area contributed by atoms with Crippen molar-refractivity contribution in [3.8, 4) is 0 Å². The number of hydrogen-bond donors (Lipinski definition) is 3. The van der Waals surface area contributed by atoms with Crippen LogP contribution in [-0.2, 0) is 0 Å². The van der Waals surface area contributed by atoms with E-state index >= 15 is 0 Å². The molecular formula is C18H23N5O. The lowest BCUT2D eigenvalue weighted by molar-refractivity contribution is 0.194. The Hall–Kier alpha value is -2.44. The summed E-state index contributed by atoms with van der Waals surface area (Å²) in [6, 6.07) is 12.2. The Morgan fingerprint density at radius 3 is 2.92 bits per heavy atom. The maximum atomic E-state index is 9.99. The molecule has 1 aromatic carbocycles. The number of nitrogens with one attached hydrogen (secondary N) is 1. The van der Waals surface area contributed by atoms with Crippen molar-refractivity contribution >= 4 is 17.7 Å². The number of nitrogen functional groups attached to an aromatic ring is 1. The van der Waals surface area contributed by atoms with Gasteiger partial charge in [-0.1, -0.05) is 42.5 Å². The molecule has 1 fully saturated rings. The molecule has 24 heavy (non-hydrogen) atoms. The highest BCUT2D eigenvalue weighted by Crippen LogP contribution is 2.24. The van der Waals surface area contributed by atoms with Crippen molar-refractivity contribution in [3.05, 3.63) is 54.4 Å². The number of β-amino-alcohol motifs (C(OH)–C–C–N with tert-alkyl or cyclic N) is 1. The van der Waals surface area contributed by atoms with Crippen LogP contribution in [-0.4, -0.2) is 46.9 Å². The minimum Gasteiger partial charge on any atom is -0.391 e. The van der Waals surface area contributed by atoms with Crippen LogP contribution in [0.15, 0.2) is 48.8 Å². The van der Waals surface area contributed by atoms with Gasteiger partial charge < -0.3 is 21.1 Å². The van der Waals surface area contributed by atoms with Gasteiger partial charge in [0.1, 0.15) is 18.0 Å². The van der Waals surface area contributed by atoms with Gasteiger partial charge >= 0.3 is 0 Å². The Morgan fingerprint density at radius 2 is 2.12 bits per heavy atom. The topological polar surface area (TPSA) is 87.3 Å². The van der Waals surface area contributed by atoms with E-state index in [-0.39, 0.29) is 12.1 Å². The van der Waals surface area contributed by atoms with Gasteiger partial charge in [0.25, 0.3) is 0 Å². The van der Waals surface area contributed by atoms with Crippen LogP contribution in [0, 0.1) is 0 Å². The summed E-state index contributed by atoms with van der Waals surface area (Å²) in [4.78, 5) is 10.3. The summed E-state index contributed by atoms with van der Waals surface area (Å²) in [5.74, 6) is 1.21. The molecule has 2 aromatic rings. The van der Waals surface area contributed by atoms with Crippen LogP contribution in [0.1, 0.15) is 12.0 Å². The number of hydrogen-bond acceptors (Lipinski definition) is 6. The summed E-state index contributed by atoms with van der Waals surface area (Å²) in [6.45, 7) is 2.13. The van der Waals surface area contributed by atoms with Gasteiger partial charge in [0.05, 0.1) is 6.10 Å². The SMILES string of the molecule is Nc1cc(N2C[C@H](O)C[C@@H]2CNC/C=C/c2ccccc2)ncn1. The van der Waals surface area contributed by atoms with E-state index in [4.69, 9.17) is 5.73 Å². The van der Waals surface area contributed by atoms with Crippen LogP contribution >= 0.6 is 0 Å². The molecule has 3 rings (SSSR count). The molecule has 0 radical (unpaired) electrons. The third-order valence-electron chi connectivity index (χ3n) is 4.11. The van der Waals surface area contributed by atoms with Crippen molar-refractivity contribution < 1.29 is 5.11 Å². The Labute approximate surface area is 142 Å². The Morgan fingerprint density at radius 1 is 1.29 bits per heavy atom. The quantitative estimate of drug-likeness (QED) is 0.694. The molecule has 0 spiro atoms. The van der Waals surface area contributed by atoms with E-state index in [0.717, 1.165) is 25.3 Å². The second-order valence-electron chi connectivity index (χ2n) is 5.97. The second-order valence-corrected chi connectivity index (χ2v) is 5.97. The van der Waals surface area contributed by atoms with E-state index in [1.165, 1.54) is 11.9 Å². The fourth-order valence-electron chi connectivity index (χ4n) is 2.98. The number of anilines is 2. The van der Waals surface area contributed by atoms with E-state index in [9.17, 15) is 5.11 Å². The number of aliphatic hydroxyl groups is 1. The first-order valence-corrected chi connectivity index (χ1v) is 8.17. The van der Waals surface area contributed by atoms with Crippen LogP contribution in [0.2, 0.25) is 0 Å². The molecule has 1 aliphatic rings. The molecule has 1 aliphatic heterocycles. The van der Waals surface area contributed by atoms with Crippen molar-refractivity contribution in [2.24, 2.45) is 0 Å². The molecule has 0 saturated carbocycles. The van der Waals surface area contributed by atoms with Gasteiger partial charge in [-0.25, -0.2) is 9.97 Å². The molecular weight excluding hydrogens is 302 g/mol. The standard InChI is InChI=1S/C18H23N5O/c19-17-10-18(22-13-21-17)23-12-16(24)9-15(23)11-20-8-4-7-14-5-2-1-3-6-14/h1-7,10,13,15-16,20,24H,8-9,11-12H2,(H2,19,21,22)/b7-4+/t15-,16-/m1/s1. The molecule has 4 N–H and O–H groups in total. The molecule has 6 nitrogen and oxygen atoms in total. The number of benzene rings is 1. The third kappa shape index (κ3) is 4.31. The lowest BCUT2D eigenvalue weighted by Gasteiger charge is -2.25. The van der Waals surface area contributed by atoms with Crippen molar-refractivity contribution in [1.29, 1.82) is 0 Å². The molecule has 1 saturated heterocycles. The molecule has 2 heterocycles. The normalized spacial score (nSPS) is 20.8. The Balaban J connectivity index is 1.52. The Bertz CT molecular complexity index is 676. The zero-order valence-electron chi connectivity index (χ0n) is 13.5. The summed E-state index contributed by atoms with van der Waals surface area (Å²) in [7, 11) is 0. The molecule has 126 valence electrons. The lowest BCUT2D eigenvalue weighted by atomic mass is 10.2. The lowest BCUT2D eigenvalue weighted by Crippen LogP contribution is -2.38. The van der Waals surface area contributed by atoms with Crippen LogP contribution in [0.25, 0.3) is 6.08 Å². The predicted molar refractivity (Wildman–Crippen MR) is 96.5 cm³/mol. The fourth-order valence-corrected chi connectivity index (χ4v) is 2.98. The van der Waals surface area contributed by atoms with Crippen LogP contribution in [0.4, 0.5) is 11.6 Å². The van der Waals surface area contributed by atoms with Crippen LogP contribution in [0.3, 0.4) is 0 Å². The predicted octanol–water partition coefficient (Wildman–Crippen LogP) is 1.30. The van der Waals surface area contributed by atoms with Crippen LogP contribution in [0.5, 0.6) is 0 Å². The van der Waals surface area contributed by atoms with Crippen molar-refractivity contribution in [2.75, 3.05) is 30.3 Å². The summed E-state index contributed by atoms with van der Waals surface area (Å²) in [5, 5.41) is 13.4. The molecule has 6 heteroatoms. The smallest absolute Gasteiger partial charge is 0.134 e. The van der Waals surface area contributed by atoms with Crippen LogP contribution < -0.4 is 16.0 Å². The average Bonchev–Trinajstić information content (AvgIpc) is 2.96. The molecule has 0 bridgehead atoms. The number of nitrogens with two attached hydrogens (primary N) is 1. The summed E-state index contributed by atoms with van der Waals surface area (Å²) in [6.07, 6.45) is 6.04. The highest BCUT2D eigenvalue weighted by molar-refractivity contribution is 5.49. The summed E-state index contributed by atoms with van der Waals surface area (Å²) in [5.41, 5.74) is 6.92. The zero-order valence-corrected chi connectivity index (χ0v) is 13.5. The first-order chi connectivity index (χ1) is 11.7. The van der Waals surface area contributed by atoms with Crippen molar-refractivity contribution in [2.45, 2.75) is 18.6 Å². The average molecular weight is 325 g/mol. The van der Waals surface area contributed by atoms with Crippen molar-refractivity contribution in [1.82, 2.24) is 15.3 Å². The van der Waals surface area contributed by atoms with E-state index in [2.05, 4.69) is 44.5 Å². The van der Waals surface area contributed by atoms with Gasteiger partial charge in [-0.3, -0.25) is 0 Å². The maximum Gasteiger partial charge on any atom is 0.134 e. The fraction of sp³-hybridized carbons (Fsp3) is 0.333. The van der Waals surface area contributed by atoms with E-state index in [1.54, 1.807) is 6.07 Å². The molecule has 0 unspecified atom stereocenters. The van der Waals surface area contributed by atoms with Gasteiger partial charge in [0, 0.05) is 31.7 Å². The van der Waals surface area contributed by atoms with Crippen molar-refractivity contribution in [3.63, 3.8) is 0 Å². The largest absolute Gasteiger partial charge is 0.391 e. The number of nitrogens with zero attached hydrogens (tertiary/aromatic N) is 3. The molecule has 2 atom stereocenters. The minimum atomic E-state index is -0.340. The molecule has 0 amide bonds. The number of rotatable bonds is 6. The molecule has 0 aliphatic carbocycles. The first-order valence-electron chi connectivity index (χ1n) is 8.17. The maximum absolute atomic E-state index is 9.99. The number of aliphatic hydroxyl groups excluding tert-OH is 1. The van der Waals surface area contributed by atoms with Gasteiger partial charge in [-0.15, -0.1) is 0 Å².